The molecule has 2 fully saturated rings. The van der Waals surface area contributed by atoms with E-state index in [1.54, 1.807) is 4.68 Å². The van der Waals surface area contributed by atoms with Crippen LogP contribution in [0.5, 0.6) is 0 Å². The number of ether oxygens (including phenoxy) is 1. The molecule has 2 aliphatic heterocycles. The Morgan fingerprint density at radius 2 is 2.07 bits per heavy atom. The van der Waals surface area contributed by atoms with Crippen LogP contribution in [0.2, 0.25) is 0 Å². The third-order valence-corrected chi connectivity index (χ3v) is 5.73. The van der Waals surface area contributed by atoms with E-state index in [2.05, 4.69) is 15.0 Å². The molecule has 0 N–H and O–H groups in total. The normalized spacial score (nSPS) is 23.9. The van der Waals surface area contributed by atoms with Crippen molar-refractivity contribution in [2.24, 2.45) is 7.05 Å². The van der Waals surface area contributed by atoms with E-state index < -0.39 is 0 Å². The fourth-order valence-electron chi connectivity index (χ4n) is 4.33. The number of aryl methyl sites for hydroxylation is 2. The van der Waals surface area contributed by atoms with Crippen LogP contribution in [0.15, 0.2) is 23.2 Å². The molecular weight excluding hydrogens is 358 g/mol. The van der Waals surface area contributed by atoms with E-state index in [1.165, 1.54) is 25.7 Å². The van der Waals surface area contributed by atoms with Crippen LogP contribution in [0.4, 0.5) is 0 Å². The highest BCUT2D eigenvalue weighted by Gasteiger charge is 2.39. The highest BCUT2D eigenvalue weighted by Crippen LogP contribution is 2.32. The van der Waals surface area contributed by atoms with E-state index in [4.69, 9.17) is 9.15 Å². The molecule has 2 aliphatic rings. The first-order valence-electron chi connectivity index (χ1n) is 10.2. The molecule has 28 heavy (non-hydrogen) atoms. The van der Waals surface area contributed by atoms with Crippen molar-refractivity contribution in [2.75, 3.05) is 32.8 Å². The zero-order valence-electron chi connectivity index (χ0n) is 16.7. The van der Waals surface area contributed by atoms with Crippen LogP contribution in [0.25, 0.3) is 0 Å². The van der Waals surface area contributed by atoms with Gasteiger partial charge in [-0.3, -0.25) is 9.48 Å². The van der Waals surface area contributed by atoms with Crippen molar-refractivity contribution in [3.05, 3.63) is 35.8 Å². The fourth-order valence-corrected chi connectivity index (χ4v) is 4.33. The Balaban J connectivity index is 1.62. The number of nitrogens with zero attached hydrogens (tertiary/aromatic N) is 5. The van der Waals surface area contributed by atoms with E-state index in [1.807, 2.05) is 31.3 Å². The predicted molar refractivity (Wildman–Crippen MR) is 103 cm³/mol. The number of rotatable bonds is 5. The smallest absolute Gasteiger partial charge is 0.276 e. The molecule has 152 valence electrons. The summed E-state index contributed by atoms with van der Waals surface area (Å²) in [5.41, 5.74) is 1.41. The number of carbonyl (C=O) groups is 1. The molecule has 1 amide bonds. The third-order valence-electron chi connectivity index (χ3n) is 5.73. The van der Waals surface area contributed by atoms with E-state index in [0.717, 1.165) is 25.2 Å². The number of amides is 1. The van der Waals surface area contributed by atoms with Gasteiger partial charge in [0.05, 0.1) is 24.9 Å². The molecule has 4 heterocycles. The summed E-state index contributed by atoms with van der Waals surface area (Å²) < 4.78 is 13.4. The van der Waals surface area contributed by atoms with Crippen LogP contribution >= 0.6 is 0 Å². The minimum atomic E-state index is -0.182. The van der Waals surface area contributed by atoms with Gasteiger partial charge in [-0.2, -0.15) is 5.10 Å². The van der Waals surface area contributed by atoms with Gasteiger partial charge in [-0.25, -0.2) is 4.98 Å². The average Bonchev–Trinajstić information content (AvgIpc) is 3.37. The van der Waals surface area contributed by atoms with Gasteiger partial charge in [-0.1, -0.05) is 13.3 Å². The Morgan fingerprint density at radius 1 is 1.25 bits per heavy atom. The number of aromatic nitrogens is 3. The Kier molecular flexibility index (Phi) is 5.77. The molecule has 8 nitrogen and oxygen atoms in total. The molecule has 8 heteroatoms. The summed E-state index contributed by atoms with van der Waals surface area (Å²) in [6, 6.07) is -0.182. The van der Waals surface area contributed by atoms with E-state index in [-0.39, 0.29) is 18.1 Å². The summed E-state index contributed by atoms with van der Waals surface area (Å²) >= 11 is 0. The molecule has 4 rings (SSSR count). The lowest BCUT2D eigenvalue weighted by atomic mass is 9.98. The summed E-state index contributed by atoms with van der Waals surface area (Å²) in [4.78, 5) is 21.9. The Morgan fingerprint density at radius 3 is 2.79 bits per heavy atom. The molecule has 0 aromatic carbocycles. The third kappa shape index (κ3) is 3.84. The second-order valence-corrected chi connectivity index (χ2v) is 7.64. The van der Waals surface area contributed by atoms with Gasteiger partial charge in [0, 0.05) is 38.3 Å². The maximum absolute atomic E-state index is 13.4. The Bertz CT molecular complexity index is 795. The quantitative estimate of drug-likeness (QED) is 0.781. The highest BCUT2D eigenvalue weighted by molar-refractivity contribution is 5.93. The largest absolute Gasteiger partial charge is 0.448 e. The van der Waals surface area contributed by atoms with Crippen molar-refractivity contribution in [2.45, 2.75) is 44.8 Å². The number of morpholine rings is 1. The Labute approximate surface area is 165 Å². The van der Waals surface area contributed by atoms with Crippen LogP contribution in [-0.2, 0) is 18.2 Å². The summed E-state index contributed by atoms with van der Waals surface area (Å²) in [7, 11) is 1.89. The lowest BCUT2D eigenvalue weighted by Gasteiger charge is -2.43. The molecule has 0 spiro atoms. The van der Waals surface area contributed by atoms with Crippen LogP contribution in [0.1, 0.15) is 54.0 Å². The number of carbonyl (C=O) groups excluding carboxylic acids is 1. The van der Waals surface area contributed by atoms with Gasteiger partial charge in [0.1, 0.15) is 5.76 Å². The summed E-state index contributed by atoms with van der Waals surface area (Å²) in [5.74, 6) is 0.542. The van der Waals surface area contributed by atoms with Crippen LogP contribution < -0.4 is 0 Å². The maximum Gasteiger partial charge on any atom is 0.276 e. The minimum Gasteiger partial charge on any atom is -0.448 e. The SMILES string of the molecule is CCc1ocnc1C(=O)N1CCO[C@@H](CN2CCCCC2)[C@@H]1c1cnn(C)c1. The first-order valence-corrected chi connectivity index (χ1v) is 10.2. The highest BCUT2D eigenvalue weighted by atomic mass is 16.5. The molecule has 0 aliphatic carbocycles. The van der Waals surface area contributed by atoms with Crippen molar-refractivity contribution >= 4 is 5.91 Å². The number of oxazole rings is 1. The van der Waals surface area contributed by atoms with E-state index in [0.29, 0.717) is 31.0 Å². The zero-order valence-corrected chi connectivity index (χ0v) is 16.7. The van der Waals surface area contributed by atoms with Gasteiger partial charge in [0.15, 0.2) is 12.1 Å². The van der Waals surface area contributed by atoms with Crippen molar-refractivity contribution in [1.29, 1.82) is 0 Å². The number of likely N-dealkylation sites (tertiary alicyclic amines) is 1. The zero-order chi connectivity index (χ0) is 19.5. The first-order chi connectivity index (χ1) is 13.7. The van der Waals surface area contributed by atoms with Crippen LogP contribution in [0, 0.1) is 0 Å². The summed E-state index contributed by atoms with van der Waals surface area (Å²) in [6.45, 7) is 6.04. The molecular formula is C20H29N5O3. The fraction of sp³-hybridized carbons (Fsp3) is 0.650. The molecule has 0 saturated carbocycles. The topological polar surface area (TPSA) is 76.6 Å². The van der Waals surface area contributed by atoms with Gasteiger partial charge < -0.3 is 19.0 Å². The molecule has 2 aromatic heterocycles. The number of piperidine rings is 1. The predicted octanol–water partition coefficient (Wildman–Crippen LogP) is 2.04. The maximum atomic E-state index is 13.4. The number of hydrogen-bond donors (Lipinski definition) is 0. The van der Waals surface area contributed by atoms with Gasteiger partial charge in [0.25, 0.3) is 5.91 Å². The Hall–Kier alpha value is -2.19. The second kappa shape index (κ2) is 8.45. The van der Waals surface area contributed by atoms with Crippen LogP contribution in [0.3, 0.4) is 0 Å². The average molecular weight is 387 g/mol. The van der Waals surface area contributed by atoms with Gasteiger partial charge in [0.2, 0.25) is 0 Å². The van der Waals surface area contributed by atoms with Crippen molar-refractivity contribution in [3.8, 4) is 0 Å². The second-order valence-electron chi connectivity index (χ2n) is 7.64. The van der Waals surface area contributed by atoms with Crippen molar-refractivity contribution in [3.63, 3.8) is 0 Å². The lowest BCUT2D eigenvalue weighted by Crippen LogP contribution is -2.52. The van der Waals surface area contributed by atoms with Gasteiger partial charge in [-0.15, -0.1) is 0 Å². The van der Waals surface area contributed by atoms with Crippen LogP contribution in [-0.4, -0.2) is 69.4 Å². The van der Waals surface area contributed by atoms with E-state index in [9.17, 15) is 4.79 Å². The van der Waals surface area contributed by atoms with Crippen molar-refractivity contribution in [1.82, 2.24) is 24.6 Å². The molecule has 0 unspecified atom stereocenters. The molecule has 2 atom stereocenters. The standard InChI is InChI=1S/C20H29N5O3/c1-3-16-18(21-14-28-16)20(26)25-9-10-27-17(13-24-7-5-4-6-8-24)19(25)15-11-22-23(2)12-15/h11-12,14,17,19H,3-10,13H2,1-2H3/t17-,19-/m0/s1. The molecule has 2 saturated heterocycles. The van der Waals surface area contributed by atoms with Crippen molar-refractivity contribution < 1.29 is 13.9 Å². The van der Waals surface area contributed by atoms with Gasteiger partial charge >= 0.3 is 0 Å². The lowest BCUT2D eigenvalue weighted by molar-refractivity contribution is -0.0743. The monoisotopic (exact) mass is 387 g/mol. The molecule has 2 aromatic rings. The first kappa shape index (κ1) is 19.1. The number of hydrogen-bond acceptors (Lipinski definition) is 6. The minimum absolute atomic E-state index is 0.0861. The summed E-state index contributed by atoms with van der Waals surface area (Å²) in [6.07, 6.45) is 9.48. The summed E-state index contributed by atoms with van der Waals surface area (Å²) in [5, 5.41) is 4.34. The molecule has 0 radical (unpaired) electrons. The van der Waals surface area contributed by atoms with Gasteiger partial charge in [-0.05, 0) is 25.9 Å². The van der Waals surface area contributed by atoms with E-state index >= 15 is 0 Å². The molecule has 0 bridgehead atoms.